The van der Waals surface area contributed by atoms with Crippen LogP contribution in [-0.4, -0.2) is 16.6 Å². The van der Waals surface area contributed by atoms with E-state index in [0.29, 0.717) is 34.3 Å². The Labute approximate surface area is 139 Å². The van der Waals surface area contributed by atoms with Gasteiger partial charge in [-0.1, -0.05) is 35.3 Å². The van der Waals surface area contributed by atoms with E-state index in [-0.39, 0.29) is 12.3 Å². The van der Waals surface area contributed by atoms with E-state index in [0.717, 1.165) is 5.56 Å². The van der Waals surface area contributed by atoms with E-state index in [9.17, 15) is 4.79 Å². The fourth-order valence-corrected chi connectivity index (χ4v) is 2.16. The van der Waals surface area contributed by atoms with Gasteiger partial charge in [0.1, 0.15) is 0 Å². The van der Waals surface area contributed by atoms with Crippen molar-refractivity contribution < 1.29 is 4.79 Å². The van der Waals surface area contributed by atoms with Crippen molar-refractivity contribution in [3.05, 3.63) is 63.9 Å². The maximum atomic E-state index is 11.8. The second-order valence-electron chi connectivity index (χ2n) is 4.75. The van der Waals surface area contributed by atoms with Gasteiger partial charge in [-0.05, 0) is 35.7 Å². The van der Waals surface area contributed by atoms with Crippen molar-refractivity contribution in [3.63, 3.8) is 0 Å². The number of benzene rings is 1. The predicted octanol–water partition coefficient (Wildman–Crippen LogP) is 3.85. The van der Waals surface area contributed by atoms with Gasteiger partial charge < -0.3 is 10.7 Å². The number of aromatic nitrogens is 1. The van der Waals surface area contributed by atoms with Crippen LogP contribution in [0.25, 0.3) is 0 Å². The predicted molar refractivity (Wildman–Crippen MR) is 88.6 cm³/mol. The average molecular weight is 336 g/mol. The third-order valence-corrected chi connectivity index (χ3v) is 3.82. The molecular weight excluding hydrogens is 321 g/mol. The summed E-state index contributed by atoms with van der Waals surface area (Å²) in [6.07, 6.45) is 3.98. The maximum Gasteiger partial charge on any atom is 0.220 e. The second-order valence-corrected chi connectivity index (χ2v) is 5.56. The fraction of sp³-hybridized carbons (Fsp3) is 0.188. The van der Waals surface area contributed by atoms with Gasteiger partial charge in [-0.15, -0.1) is 0 Å². The number of hydrogen-bond donors (Lipinski definition) is 2. The summed E-state index contributed by atoms with van der Waals surface area (Å²) in [5, 5.41) is 11.7. The van der Waals surface area contributed by atoms with Crippen molar-refractivity contribution in [2.45, 2.75) is 19.4 Å². The Balaban J connectivity index is 1.80. The number of nitrogens with zero attached hydrogens (tertiary/aromatic N) is 1. The summed E-state index contributed by atoms with van der Waals surface area (Å²) in [5.74, 6) is -0.103. The van der Waals surface area contributed by atoms with Crippen molar-refractivity contribution in [1.29, 1.82) is 5.41 Å². The highest BCUT2D eigenvalue weighted by molar-refractivity contribution is 6.42. The quantitative estimate of drug-likeness (QED) is 0.787. The minimum Gasteiger partial charge on any atom is -0.352 e. The van der Waals surface area contributed by atoms with Crippen LogP contribution >= 0.6 is 23.2 Å². The van der Waals surface area contributed by atoms with E-state index in [1.165, 1.54) is 0 Å². The molecule has 0 aliphatic carbocycles. The van der Waals surface area contributed by atoms with E-state index in [1.54, 1.807) is 30.6 Å². The normalized spacial score (nSPS) is 10.3. The third-order valence-electron chi connectivity index (χ3n) is 3.08. The van der Waals surface area contributed by atoms with Crippen LogP contribution in [0.4, 0.5) is 0 Å². The van der Waals surface area contributed by atoms with Crippen molar-refractivity contribution >= 4 is 34.8 Å². The SMILES string of the molecule is N=C(CCC(=O)NCc1cccnc1)c1ccc(Cl)c(Cl)c1. The molecule has 0 fully saturated rings. The maximum absolute atomic E-state index is 11.8. The number of nitrogens with one attached hydrogen (secondary N) is 2. The third kappa shape index (κ3) is 4.83. The molecule has 22 heavy (non-hydrogen) atoms. The molecule has 0 radical (unpaired) electrons. The number of hydrogen-bond acceptors (Lipinski definition) is 3. The average Bonchev–Trinajstić information content (AvgIpc) is 2.54. The van der Waals surface area contributed by atoms with E-state index in [4.69, 9.17) is 28.6 Å². The molecule has 0 unspecified atom stereocenters. The summed E-state index contributed by atoms with van der Waals surface area (Å²) in [7, 11) is 0. The molecule has 0 aliphatic heterocycles. The first kappa shape index (κ1) is 16.5. The first-order valence-electron chi connectivity index (χ1n) is 6.74. The van der Waals surface area contributed by atoms with Crippen LogP contribution in [0.15, 0.2) is 42.7 Å². The molecule has 0 saturated carbocycles. The lowest BCUT2D eigenvalue weighted by molar-refractivity contribution is -0.121. The monoisotopic (exact) mass is 335 g/mol. The zero-order chi connectivity index (χ0) is 15.9. The van der Waals surface area contributed by atoms with Gasteiger partial charge in [-0.3, -0.25) is 9.78 Å². The van der Waals surface area contributed by atoms with Crippen molar-refractivity contribution in [2.24, 2.45) is 0 Å². The smallest absolute Gasteiger partial charge is 0.220 e. The lowest BCUT2D eigenvalue weighted by Gasteiger charge is -2.07. The Hall–Kier alpha value is -1.91. The molecule has 0 atom stereocenters. The molecule has 2 rings (SSSR count). The molecule has 4 nitrogen and oxygen atoms in total. The van der Waals surface area contributed by atoms with Crippen LogP contribution in [0.1, 0.15) is 24.0 Å². The van der Waals surface area contributed by atoms with Crippen LogP contribution in [0.5, 0.6) is 0 Å². The summed E-state index contributed by atoms with van der Waals surface area (Å²) in [6.45, 7) is 0.437. The van der Waals surface area contributed by atoms with Gasteiger partial charge in [0, 0.05) is 31.1 Å². The Morgan fingerprint density at radius 2 is 2.00 bits per heavy atom. The molecule has 1 aromatic heterocycles. The molecular formula is C16H15Cl2N3O. The Bertz CT molecular complexity index is 674. The Morgan fingerprint density at radius 1 is 1.18 bits per heavy atom. The molecule has 6 heteroatoms. The van der Waals surface area contributed by atoms with Crippen LogP contribution in [-0.2, 0) is 11.3 Å². The van der Waals surface area contributed by atoms with E-state index in [2.05, 4.69) is 10.3 Å². The van der Waals surface area contributed by atoms with Gasteiger partial charge in [0.2, 0.25) is 5.91 Å². The zero-order valence-corrected chi connectivity index (χ0v) is 13.3. The summed E-state index contributed by atoms with van der Waals surface area (Å²) < 4.78 is 0. The lowest BCUT2D eigenvalue weighted by atomic mass is 10.1. The van der Waals surface area contributed by atoms with E-state index in [1.807, 2.05) is 12.1 Å². The summed E-state index contributed by atoms with van der Waals surface area (Å²) in [6, 6.07) is 8.73. The van der Waals surface area contributed by atoms with Gasteiger partial charge >= 0.3 is 0 Å². The molecule has 2 aromatic rings. The molecule has 0 saturated heterocycles. The number of halogens is 2. The molecule has 1 aromatic carbocycles. The molecule has 2 N–H and O–H groups in total. The first-order valence-corrected chi connectivity index (χ1v) is 7.50. The van der Waals surface area contributed by atoms with Crippen LogP contribution < -0.4 is 5.32 Å². The van der Waals surface area contributed by atoms with Gasteiger partial charge in [-0.25, -0.2) is 0 Å². The fourth-order valence-electron chi connectivity index (χ4n) is 1.86. The molecule has 1 amide bonds. The topological polar surface area (TPSA) is 65.8 Å². The van der Waals surface area contributed by atoms with Crippen LogP contribution in [0.3, 0.4) is 0 Å². The molecule has 0 aliphatic rings. The van der Waals surface area contributed by atoms with Gasteiger partial charge in [0.25, 0.3) is 0 Å². The highest BCUT2D eigenvalue weighted by Crippen LogP contribution is 2.23. The van der Waals surface area contributed by atoms with Gasteiger partial charge in [0.05, 0.1) is 10.0 Å². The minimum absolute atomic E-state index is 0.103. The highest BCUT2D eigenvalue weighted by Gasteiger charge is 2.08. The van der Waals surface area contributed by atoms with Gasteiger partial charge in [0.15, 0.2) is 0 Å². The largest absolute Gasteiger partial charge is 0.352 e. The zero-order valence-electron chi connectivity index (χ0n) is 11.8. The Kier molecular flexibility index (Phi) is 5.92. The van der Waals surface area contributed by atoms with Crippen LogP contribution in [0.2, 0.25) is 10.0 Å². The summed E-state index contributed by atoms with van der Waals surface area (Å²) in [5.41, 5.74) is 1.97. The van der Waals surface area contributed by atoms with Crippen LogP contribution in [0, 0.1) is 5.41 Å². The van der Waals surface area contributed by atoms with Crippen molar-refractivity contribution in [2.75, 3.05) is 0 Å². The van der Waals surface area contributed by atoms with E-state index >= 15 is 0 Å². The standard InChI is InChI=1S/C16H15Cl2N3O/c17-13-4-3-12(8-14(13)18)15(19)5-6-16(22)21-10-11-2-1-7-20-9-11/h1-4,7-9,19H,5-6,10H2,(H,21,22). The number of carbonyl (C=O) groups excluding carboxylic acids is 1. The molecule has 0 bridgehead atoms. The van der Waals surface area contributed by atoms with Crippen molar-refractivity contribution in [3.8, 4) is 0 Å². The first-order chi connectivity index (χ1) is 10.6. The lowest BCUT2D eigenvalue weighted by Crippen LogP contribution is -2.23. The number of carbonyl (C=O) groups is 1. The number of pyridine rings is 1. The second kappa shape index (κ2) is 7.92. The van der Waals surface area contributed by atoms with Gasteiger partial charge in [-0.2, -0.15) is 0 Å². The Morgan fingerprint density at radius 3 is 2.68 bits per heavy atom. The summed E-state index contributed by atoms with van der Waals surface area (Å²) >= 11 is 11.8. The highest BCUT2D eigenvalue weighted by atomic mass is 35.5. The number of amides is 1. The molecule has 114 valence electrons. The van der Waals surface area contributed by atoms with E-state index < -0.39 is 0 Å². The number of rotatable bonds is 6. The summed E-state index contributed by atoms with van der Waals surface area (Å²) in [4.78, 5) is 15.8. The molecule has 1 heterocycles. The molecule has 0 spiro atoms. The minimum atomic E-state index is -0.103. The van der Waals surface area contributed by atoms with Crippen molar-refractivity contribution in [1.82, 2.24) is 10.3 Å².